The van der Waals surface area contributed by atoms with Gasteiger partial charge in [0.1, 0.15) is 11.3 Å². The highest BCUT2D eigenvalue weighted by molar-refractivity contribution is 9.10. The van der Waals surface area contributed by atoms with Crippen LogP contribution in [0.15, 0.2) is 74.3 Å². The molecule has 3 heterocycles. The van der Waals surface area contributed by atoms with Gasteiger partial charge in [0.05, 0.1) is 17.0 Å². The summed E-state index contributed by atoms with van der Waals surface area (Å²) < 4.78 is 17.6. The Morgan fingerprint density at radius 2 is 1.76 bits per heavy atom. The number of hydrogen-bond donors (Lipinski definition) is 1. The molecule has 2 aliphatic heterocycles. The van der Waals surface area contributed by atoms with E-state index in [2.05, 4.69) is 15.9 Å². The number of aromatic hydroxyl groups is 1. The van der Waals surface area contributed by atoms with Gasteiger partial charge in [-0.3, -0.25) is 9.59 Å². The highest BCUT2D eigenvalue weighted by Gasteiger charge is 2.42. The number of carbonyl (C=O) groups excluding carboxylic acids is 1. The van der Waals surface area contributed by atoms with Gasteiger partial charge in [-0.1, -0.05) is 34.1 Å². The van der Waals surface area contributed by atoms with E-state index in [1.165, 1.54) is 12.1 Å². The van der Waals surface area contributed by atoms with Crippen molar-refractivity contribution in [3.8, 4) is 17.2 Å². The Bertz CT molecular complexity index is 1490. The van der Waals surface area contributed by atoms with Crippen LogP contribution in [0.4, 0.5) is 0 Å². The fraction of sp³-hybridized carbons (Fsp3) is 0.120. The summed E-state index contributed by atoms with van der Waals surface area (Å²) in [6, 6.07) is 16.4. The number of carbonyl (C=O) groups is 1. The number of fused-ring (bicyclic) bond motifs is 3. The van der Waals surface area contributed by atoms with Crippen molar-refractivity contribution < 1.29 is 23.8 Å². The van der Waals surface area contributed by atoms with Gasteiger partial charge >= 0.3 is 0 Å². The first-order valence-electron chi connectivity index (χ1n) is 10.2. The molecule has 0 radical (unpaired) electrons. The molecule has 0 spiro atoms. The molecule has 1 aromatic heterocycles. The molecule has 33 heavy (non-hydrogen) atoms. The van der Waals surface area contributed by atoms with Crippen molar-refractivity contribution in [1.29, 1.82) is 0 Å². The van der Waals surface area contributed by atoms with Crippen molar-refractivity contribution in [2.45, 2.75) is 12.6 Å². The third-order valence-corrected chi connectivity index (χ3v) is 6.42. The SMILES string of the molecule is O=C1c2oc3ccc(Br)cc3c(=O)c2[C@H](c2ccc(O)cc2)N1Cc1ccc2c(c1)OCO2. The number of hydrogen-bond acceptors (Lipinski definition) is 6. The zero-order valence-electron chi connectivity index (χ0n) is 17.1. The van der Waals surface area contributed by atoms with E-state index in [1.54, 1.807) is 41.3 Å². The van der Waals surface area contributed by atoms with Crippen LogP contribution >= 0.6 is 15.9 Å². The summed E-state index contributed by atoms with van der Waals surface area (Å²) >= 11 is 3.40. The van der Waals surface area contributed by atoms with Crippen LogP contribution in [0.5, 0.6) is 17.2 Å². The maximum atomic E-state index is 13.6. The number of rotatable bonds is 3. The van der Waals surface area contributed by atoms with E-state index in [9.17, 15) is 14.7 Å². The molecule has 164 valence electrons. The first-order valence-corrected chi connectivity index (χ1v) is 11.0. The molecule has 1 amide bonds. The zero-order valence-corrected chi connectivity index (χ0v) is 18.7. The van der Waals surface area contributed by atoms with E-state index in [-0.39, 0.29) is 41.7 Å². The van der Waals surface area contributed by atoms with Gasteiger partial charge in [-0.05, 0) is 53.6 Å². The van der Waals surface area contributed by atoms with E-state index in [4.69, 9.17) is 13.9 Å². The van der Waals surface area contributed by atoms with E-state index in [1.807, 2.05) is 12.1 Å². The molecule has 2 aliphatic rings. The normalized spacial score (nSPS) is 16.5. The lowest BCUT2D eigenvalue weighted by Crippen LogP contribution is -2.29. The molecule has 4 aromatic rings. The Balaban J connectivity index is 1.52. The lowest BCUT2D eigenvalue weighted by atomic mass is 9.98. The molecule has 0 unspecified atom stereocenters. The molecular formula is C25H16BrNO6. The highest BCUT2D eigenvalue weighted by Crippen LogP contribution is 2.41. The van der Waals surface area contributed by atoms with Crippen LogP contribution in [0, 0.1) is 0 Å². The van der Waals surface area contributed by atoms with Crippen LogP contribution in [0.25, 0.3) is 11.0 Å². The van der Waals surface area contributed by atoms with Crippen molar-refractivity contribution >= 4 is 32.8 Å². The van der Waals surface area contributed by atoms with Crippen molar-refractivity contribution in [3.05, 3.63) is 97.8 Å². The number of benzene rings is 3. The van der Waals surface area contributed by atoms with E-state index in [0.717, 1.165) is 10.0 Å². The molecule has 1 atom stereocenters. The molecule has 6 rings (SSSR count). The van der Waals surface area contributed by atoms with Crippen LogP contribution in [-0.4, -0.2) is 22.7 Å². The summed E-state index contributed by atoms with van der Waals surface area (Å²) in [5.74, 6) is 1.03. The number of halogens is 1. The van der Waals surface area contributed by atoms with Crippen LogP contribution < -0.4 is 14.9 Å². The Labute approximate surface area is 195 Å². The summed E-state index contributed by atoms with van der Waals surface area (Å²) in [6.07, 6.45) is 0. The van der Waals surface area contributed by atoms with Gasteiger partial charge in [0.25, 0.3) is 5.91 Å². The predicted molar refractivity (Wildman–Crippen MR) is 123 cm³/mol. The maximum Gasteiger partial charge on any atom is 0.291 e. The number of nitrogens with zero attached hydrogens (tertiary/aromatic N) is 1. The molecular weight excluding hydrogens is 490 g/mol. The fourth-order valence-corrected chi connectivity index (χ4v) is 4.76. The molecule has 0 saturated carbocycles. The second-order valence-electron chi connectivity index (χ2n) is 7.93. The first kappa shape index (κ1) is 19.9. The minimum absolute atomic E-state index is 0.0358. The Kier molecular flexibility index (Phi) is 4.45. The third-order valence-electron chi connectivity index (χ3n) is 5.93. The summed E-state index contributed by atoms with van der Waals surface area (Å²) in [5, 5.41) is 10.2. The molecule has 0 aliphatic carbocycles. The average molecular weight is 506 g/mol. The van der Waals surface area contributed by atoms with Gasteiger partial charge in [-0.2, -0.15) is 0 Å². The average Bonchev–Trinajstić information content (AvgIpc) is 3.38. The molecule has 3 aromatic carbocycles. The predicted octanol–water partition coefficient (Wildman–Crippen LogP) is 4.74. The van der Waals surface area contributed by atoms with Gasteiger partial charge in [-0.15, -0.1) is 0 Å². The van der Waals surface area contributed by atoms with Gasteiger partial charge in [0.2, 0.25) is 12.6 Å². The zero-order chi connectivity index (χ0) is 22.7. The van der Waals surface area contributed by atoms with E-state index < -0.39 is 6.04 Å². The number of amides is 1. The standard InChI is InChI=1S/C25H16BrNO6/c26-15-4-8-18-17(10-15)23(29)21-22(14-2-5-16(28)6-3-14)27(25(30)24(21)33-18)11-13-1-7-19-20(9-13)32-12-31-19/h1-10,22,28H,11-12H2/t22-/m0/s1. The van der Waals surface area contributed by atoms with Crippen LogP contribution in [0.2, 0.25) is 0 Å². The lowest BCUT2D eigenvalue weighted by molar-refractivity contribution is 0.0714. The molecule has 0 fully saturated rings. The van der Waals surface area contributed by atoms with Crippen LogP contribution in [0.1, 0.15) is 33.3 Å². The largest absolute Gasteiger partial charge is 0.508 e. The van der Waals surface area contributed by atoms with Gasteiger partial charge < -0.3 is 23.9 Å². The third kappa shape index (κ3) is 3.17. The lowest BCUT2D eigenvalue weighted by Gasteiger charge is -2.25. The smallest absolute Gasteiger partial charge is 0.291 e. The van der Waals surface area contributed by atoms with E-state index >= 15 is 0 Å². The monoisotopic (exact) mass is 505 g/mol. The van der Waals surface area contributed by atoms with Crippen molar-refractivity contribution in [2.75, 3.05) is 6.79 Å². The second kappa shape index (κ2) is 7.38. The summed E-state index contributed by atoms with van der Waals surface area (Å²) in [4.78, 5) is 28.7. The molecule has 7 nitrogen and oxygen atoms in total. The fourth-order valence-electron chi connectivity index (χ4n) is 4.39. The summed E-state index contributed by atoms with van der Waals surface area (Å²) in [6.45, 7) is 0.383. The van der Waals surface area contributed by atoms with Crippen molar-refractivity contribution in [3.63, 3.8) is 0 Å². The first-order chi connectivity index (χ1) is 16.0. The number of phenols is 1. The number of ether oxygens (including phenoxy) is 2. The molecule has 0 bridgehead atoms. The molecule has 1 N–H and O–H groups in total. The summed E-state index contributed by atoms with van der Waals surface area (Å²) in [5.41, 5.74) is 1.90. The van der Waals surface area contributed by atoms with E-state index in [0.29, 0.717) is 28.0 Å². The second-order valence-corrected chi connectivity index (χ2v) is 8.84. The molecule has 0 saturated heterocycles. The Hall–Kier alpha value is -3.78. The molecule has 8 heteroatoms. The van der Waals surface area contributed by atoms with Gasteiger partial charge in [-0.25, -0.2) is 0 Å². The van der Waals surface area contributed by atoms with Crippen molar-refractivity contribution in [1.82, 2.24) is 4.90 Å². The van der Waals surface area contributed by atoms with Crippen LogP contribution in [0.3, 0.4) is 0 Å². The van der Waals surface area contributed by atoms with Gasteiger partial charge in [0, 0.05) is 11.0 Å². The minimum Gasteiger partial charge on any atom is -0.508 e. The van der Waals surface area contributed by atoms with Crippen LogP contribution in [-0.2, 0) is 6.54 Å². The topological polar surface area (TPSA) is 89.2 Å². The quantitative estimate of drug-likeness (QED) is 0.432. The van der Waals surface area contributed by atoms with Crippen molar-refractivity contribution in [2.24, 2.45) is 0 Å². The summed E-state index contributed by atoms with van der Waals surface area (Å²) in [7, 11) is 0. The highest BCUT2D eigenvalue weighted by atomic mass is 79.9. The maximum absolute atomic E-state index is 13.6. The van der Waals surface area contributed by atoms with Gasteiger partial charge in [0.15, 0.2) is 16.9 Å². The number of phenolic OH excluding ortho intramolecular Hbond substituents is 1. The Morgan fingerprint density at radius 3 is 2.58 bits per heavy atom. The minimum atomic E-state index is -0.668. The Morgan fingerprint density at radius 1 is 0.970 bits per heavy atom.